The lowest BCUT2D eigenvalue weighted by atomic mass is 10.0. The Hall–Kier alpha value is -2.18. The molecule has 398 valence electrons. The van der Waals surface area contributed by atoms with E-state index in [9.17, 15) is 19.8 Å². The summed E-state index contributed by atoms with van der Waals surface area (Å²) in [6.07, 6.45) is 72.4. The lowest BCUT2D eigenvalue weighted by Crippen LogP contribution is -2.45. The van der Waals surface area contributed by atoms with Crippen LogP contribution in [0.25, 0.3) is 0 Å². The van der Waals surface area contributed by atoms with Crippen LogP contribution < -0.4 is 5.32 Å². The van der Waals surface area contributed by atoms with Crippen LogP contribution in [-0.2, 0) is 14.3 Å². The van der Waals surface area contributed by atoms with Gasteiger partial charge in [-0.1, -0.05) is 255 Å². The van der Waals surface area contributed by atoms with Crippen molar-refractivity contribution < 1.29 is 24.5 Å². The molecule has 0 saturated carbocycles. The average Bonchev–Trinajstić information content (AvgIpc) is 3.34. The van der Waals surface area contributed by atoms with Gasteiger partial charge in [-0.3, -0.25) is 9.59 Å². The van der Waals surface area contributed by atoms with Crippen LogP contribution in [0.5, 0.6) is 0 Å². The number of aliphatic hydroxyl groups excluding tert-OH is 2. The van der Waals surface area contributed by atoms with E-state index in [1.807, 2.05) is 0 Å². The molecule has 0 spiro atoms. The Kier molecular flexibility index (Phi) is 55.6. The number of amides is 1. The molecule has 2 atom stereocenters. The highest BCUT2D eigenvalue weighted by atomic mass is 16.5. The molecule has 6 heteroatoms. The lowest BCUT2D eigenvalue weighted by molar-refractivity contribution is -0.143. The van der Waals surface area contributed by atoms with Gasteiger partial charge in [-0.2, -0.15) is 0 Å². The van der Waals surface area contributed by atoms with Crippen LogP contribution in [0.15, 0.2) is 48.6 Å². The molecule has 0 heterocycles. The van der Waals surface area contributed by atoms with E-state index in [2.05, 4.69) is 67.8 Å². The first-order valence-corrected chi connectivity index (χ1v) is 29.9. The quantitative estimate of drug-likeness (QED) is 0.0244. The summed E-state index contributed by atoms with van der Waals surface area (Å²) in [4.78, 5) is 24.6. The van der Waals surface area contributed by atoms with Crippen molar-refractivity contribution in [2.45, 2.75) is 321 Å². The molecule has 0 aliphatic carbocycles. The number of carbonyl (C=O) groups is 2. The molecule has 0 bridgehead atoms. The van der Waals surface area contributed by atoms with Crippen LogP contribution in [-0.4, -0.2) is 47.4 Å². The van der Waals surface area contributed by atoms with Gasteiger partial charge in [-0.05, 0) is 89.9 Å². The number of aliphatic hydroxyl groups is 2. The molecule has 0 rings (SSSR count). The molecule has 0 fully saturated rings. The number of nitrogens with one attached hydrogen (secondary N) is 1. The average molecular weight is 955 g/mol. The van der Waals surface area contributed by atoms with Gasteiger partial charge in [0.15, 0.2) is 0 Å². The van der Waals surface area contributed by atoms with Gasteiger partial charge in [0.05, 0.1) is 25.4 Å². The van der Waals surface area contributed by atoms with Crippen molar-refractivity contribution >= 4 is 11.9 Å². The molecule has 3 N–H and O–H groups in total. The zero-order chi connectivity index (χ0) is 49.3. The molecule has 68 heavy (non-hydrogen) atoms. The molecular weight excluding hydrogens is 839 g/mol. The Bertz CT molecular complexity index is 1150. The van der Waals surface area contributed by atoms with E-state index in [0.29, 0.717) is 25.9 Å². The molecule has 6 nitrogen and oxygen atoms in total. The third-order valence-corrected chi connectivity index (χ3v) is 13.6. The number of carbonyl (C=O) groups excluding carboxylic acids is 2. The maximum absolute atomic E-state index is 12.5. The maximum atomic E-state index is 12.5. The molecule has 0 aliphatic heterocycles. The second-order valence-electron chi connectivity index (χ2n) is 20.4. The van der Waals surface area contributed by atoms with Crippen molar-refractivity contribution in [3.05, 3.63) is 48.6 Å². The molecule has 0 aliphatic rings. The molecule has 2 unspecified atom stereocenters. The van der Waals surface area contributed by atoms with Crippen LogP contribution >= 0.6 is 0 Å². The Labute approximate surface area is 423 Å². The summed E-state index contributed by atoms with van der Waals surface area (Å²) in [5.41, 5.74) is 0. The number of allylic oxidation sites excluding steroid dienone is 8. The monoisotopic (exact) mass is 954 g/mol. The summed E-state index contributed by atoms with van der Waals surface area (Å²) in [6.45, 7) is 4.89. The Balaban J connectivity index is 3.52. The van der Waals surface area contributed by atoms with Crippen molar-refractivity contribution in [2.24, 2.45) is 0 Å². The molecule has 0 aromatic rings. The van der Waals surface area contributed by atoms with E-state index >= 15 is 0 Å². The predicted molar refractivity (Wildman–Crippen MR) is 296 cm³/mol. The molecule has 0 saturated heterocycles. The summed E-state index contributed by atoms with van der Waals surface area (Å²) in [5, 5.41) is 23.3. The van der Waals surface area contributed by atoms with Crippen LogP contribution in [0.4, 0.5) is 0 Å². The van der Waals surface area contributed by atoms with E-state index in [1.165, 1.54) is 193 Å². The number of rotatable bonds is 55. The second kappa shape index (κ2) is 57.4. The van der Waals surface area contributed by atoms with E-state index < -0.39 is 12.1 Å². The van der Waals surface area contributed by atoms with Crippen molar-refractivity contribution in [1.29, 1.82) is 0 Å². The highest BCUT2D eigenvalue weighted by molar-refractivity contribution is 5.76. The fourth-order valence-corrected chi connectivity index (χ4v) is 9.01. The van der Waals surface area contributed by atoms with Gasteiger partial charge >= 0.3 is 5.97 Å². The van der Waals surface area contributed by atoms with Crippen LogP contribution in [0, 0.1) is 0 Å². The zero-order valence-electron chi connectivity index (χ0n) is 45.3. The van der Waals surface area contributed by atoms with Gasteiger partial charge in [-0.15, -0.1) is 0 Å². The van der Waals surface area contributed by atoms with E-state index in [4.69, 9.17) is 4.74 Å². The largest absolute Gasteiger partial charge is 0.466 e. The number of hydrogen-bond acceptors (Lipinski definition) is 5. The van der Waals surface area contributed by atoms with Crippen LogP contribution in [0.1, 0.15) is 309 Å². The fraction of sp³-hybridized carbons (Fsp3) is 0.839. The standard InChI is InChI=1S/C62H115NO5/c1-3-5-7-9-11-13-15-17-19-21-23-26-30-34-38-42-46-50-54-60(65)59(58-64)63-61(66)55-51-47-43-39-35-31-27-25-29-33-37-41-45-49-53-57-68-62(67)56-52-48-44-40-36-32-28-24-22-20-18-16-14-12-10-8-6-4-2/h14,16,20,22,25,29,33,37,59-60,64-65H,3-13,15,17-19,21,23-24,26-28,30-32,34-36,38-58H2,1-2H3,(H,63,66)/b16-14-,22-20-,29-25-,37-33-. The van der Waals surface area contributed by atoms with Gasteiger partial charge in [0.1, 0.15) is 0 Å². The summed E-state index contributed by atoms with van der Waals surface area (Å²) in [5.74, 6) is -0.0857. The summed E-state index contributed by atoms with van der Waals surface area (Å²) in [6, 6.07) is -0.560. The van der Waals surface area contributed by atoms with Crippen molar-refractivity contribution in [3.8, 4) is 0 Å². The van der Waals surface area contributed by atoms with Gasteiger partial charge in [0.25, 0.3) is 0 Å². The van der Waals surface area contributed by atoms with Crippen LogP contribution in [0.3, 0.4) is 0 Å². The second-order valence-corrected chi connectivity index (χ2v) is 20.4. The van der Waals surface area contributed by atoms with Gasteiger partial charge < -0.3 is 20.3 Å². The minimum absolute atomic E-state index is 0.0290. The normalized spacial score (nSPS) is 12.9. The molecular formula is C62H115NO5. The zero-order valence-corrected chi connectivity index (χ0v) is 45.3. The highest BCUT2D eigenvalue weighted by Crippen LogP contribution is 2.17. The van der Waals surface area contributed by atoms with E-state index in [1.54, 1.807) is 0 Å². The molecule has 1 amide bonds. The smallest absolute Gasteiger partial charge is 0.305 e. The first kappa shape index (κ1) is 65.8. The number of hydrogen-bond donors (Lipinski definition) is 3. The van der Waals surface area contributed by atoms with Gasteiger partial charge in [-0.25, -0.2) is 0 Å². The third-order valence-electron chi connectivity index (χ3n) is 13.6. The molecule has 0 aromatic carbocycles. The van der Waals surface area contributed by atoms with Crippen LogP contribution in [0.2, 0.25) is 0 Å². The van der Waals surface area contributed by atoms with Gasteiger partial charge in [0.2, 0.25) is 5.91 Å². The third kappa shape index (κ3) is 53.2. The Morgan fingerprint density at radius 2 is 0.779 bits per heavy atom. The number of esters is 1. The van der Waals surface area contributed by atoms with E-state index in [0.717, 1.165) is 83.5 Å². The molecule has 0 aromatic heterocycles. The Morgan fingerprint density at radius 1 is 0.426 bits per heavy atom. The molecule has 0 radical (unpaired) electrons. The summed E-state index contributed by atoms with van der Waals surface area (Å²) < 4.78 is 5.46. The van der Waals surface area contributed by atoms with Crippen molar-refractivity contribution in [2.75, 3.05) is 13.2 Å². The van der Waals surface area contributed by atoms with E-state index in [-0.39, 0.29) is 18.5 Å². The van der Waals surface area contributed by atoms with Gasteiger partial charge in [0, 0.05) is 12.8 Å². The minimum Gasteiger partial charge on any atom is -0.466 e. The Morgan fingerprint density at radius 3 is 1.22 bits per heavy atom. The topological polar surface area (TPSA) is 95.9 Å². The first-order chi connectivity index (χ1) is 33.5. The minimum atomic E-state index is -0.680. The number of ether oxygens (including phenoxy) is 1. The first-order valence-electron chi connectivity index (χ1n) is 29.9. The summed E-state index contributed by atoms with van der Waals surface area (Å²) in [7, 11) is 0. The SMILES string of the molecule is CCCCCC/C=C\C/C=C\CCCCCCCCCC(=O)OCCCCC/C=C\C=C/CCCCCCCCC(=O)NC(CO)C(O)CCCCCCCCCCCCCCCCCCCC. The lowest BCUT2D eigenvalue weighted by Gasteiger charge is -2.22. The van der Waals surface area contributed by atoms with Crippen molar-refractivity contribution in [1.82, 2.24) is 5.32 Å². The number of unbranched alkanes of at least 4 members (excludes halogenated alkanes) is 37. The fourth-order valence-electron chi connectivity index (χ4n) is 9.01. The maximum Gasteiger partial charge on any atom is 0.305 e. The highest BCUT2D eigenvalue weighted by Gasteiger charge is 2.20. The van der Waals surface area contributed by atoms with Crippen molar-refractivity contribution in [3.63, 3.8) is 0 Å². The predicted octanol–water partition coefficient (Wildman–Crippen LogP) is 18.6. The summed E-state index contributed by atoms with van der Waals surface area (Å²) >= 11 is 0.